The lowest BCUT2D eigenvalue weighted by atomic mass is 10.1. The average Bonchev–Trinajstić information content (AvgIpc) is 2.98. The number of halogens is 2. The minimum Gasteiger partial charge on any atom is -0.348 e. The summed E-state index contributed by atoms with van der Waals surface area (Å²) in [5.74, 6) is 0.887. The lowest BCUT2D eigenvalue weighted by molar-refractivity contribution is 0.0931. The van der Waals surface area contributed by atoms with Crippen molar-refractivity contribution in [3.05, 3.63) is 59.9 Å². The van der Waals surface area contributed by atoms with Crippen molar-refractivity contribution in [2.45, 2.75) is 25.8 Å². The van der Waals surface area contributed by atoms with Gasteiger partial charge in [-0.15, -0.1) is 24.8 Å². The first kappa shape index (κ1) is 21.2. The molecule has 2 heterocycles. The van der Waals surface area contributed by atoms with E-state index in [0.29, 0.717) is 5.56 Å². The van der Waals surface area contributed by atoms with E-state index in [0.717, 1.165) is 48.5 Å². The Kier molecular flexibility index (Phi) is 7.25. The summed E-state index contributed by atoms with van der Waals surface area (Å²) in [6, 6.07) is 16.1. The number of carbonyl (C=O) groups excluding carboxylic acids is 1. The number of imidazole rings is 1. The summed E-state index contributed by atoms with van der Waals surface area (Å²) < 4.78 is 2.11. The molecule has 144 valence electrons. The SMILES string of the molecule is Cc1nc2cc(C(=O)N[C@H]3CCCNC3)ccc2n1-c1ccccc1.Cl.Cl. The molecular formula is C20H24Cl2N4O. The Morgan fingerprint density at radius 1 is 1.19 bits per heavy atom. The second-order valence-electron chi connectivity index (χ2n) is 6.55. The number of nitrogens with zero attached hydrogens (tertiary/aromatic N) is 2. The predicted molar refractivity (Wildman–Crippen MR) is 114 cm³/mol. The van der Waals surface area contributed by atoms with Crippen LogP contribution in [0, 0.1) is 6.92 Å². The van der Waals surface area contributed by atoms with Gasteiger partial charge in [-0.1, -0.05) is 18.2 Å². The van der Waals surface area contributed by atoms with Crippen LogP contribution in [-0.4, -0.2) is 34.6 Å². The largest absolute Gasteiger partial charge is 0.348 e. The van der Waals surface area contributed by atoms with Crippen molar-refractivity contribution >= 4 is 41.8 Å². The third-order valence-corrected chi connectivity index (χ3v) is 4.73. The third kappa shape index (κ3) is 4.43. The van der Waals surface area contributed by atoms with Crippen molar-refractivity contribution in [2.75, 3.05) is 13.1 Å². The van der Waals surface area contributed by atoms with Gasteiger partial charge < -0.3 is 10.6 Å². The van der Waals surface area contributed by atoms with E-state index in [1.807, 2.05) is 43.3 Å². The van der Waals surface area contributed by atoms with Crippen molar-refractivity contribution < 1.29 is 4.79 Å². The van der Waals surface area contributed by atoms with Crippen LogP contribution < -0.4 is 10.6 Å². The van der Waals surface area contributed by atoms with Crippen molar-refractivity contribution in [1.82, 2.24) is 20.2 Å². The molecule has 0 spiro atoms. The topological polar surface area (TPSA) is 59.0 Å². The number of hydrogen-bond acceptors (Lipinski definition) is 3. The summed E-state index contributed by atoms with van der Waals surface area (Å²) in [6.07, 6.45) is 2.13. The molecule has 2 aromatic carbocycles. The fourth-order valence-electron chi connectivity index (χ4n) is 3.49. The molecule has 1 aliphatic rings. The Hall–Kier alpha value is -2.08. The quantitative estimate of drug-likeness (QED) is 0.697. The maximum atomic E-state index is 12.5. The molecule has 3 aromatic rings. The van der Waals surface area contributed by atoms with Crippen LogP contribution in [0.3, 0.4) is 0 Å². The number of nitrogens with one attached hydrogen (secondary N) is 2. The van der Waals surface area contributed by atoms with Gasteiger partial charge >= 0.3 is 0 Å². The highest BCUT2D eigenvalue weighted by molar-refractivity contribution is 5.97. The van der Waals surface area contributed by atoms with Crippen molar-refractivity contribution in [3.63, 3.8) is 0 Å². The van der Waals surface area contributed by atoms with E-state index in [9.17, 15) is 4.79 Å². The number of piperidine rings is 1. The first-order valence-electron chi connectivity index (χ1n) is 8.78. The monoisotopic (exact) mass is 406 g/mol. The highest BCUT2D eigenvalue weighted by Crippen LogP contribution is 2.22. The van der Waals surface area contributed by atoms with E-state index < -0.39 is 0 Å². The zero-order valence-corrected chi connectivity index (χ0v) is 16.8. The standard InChI is InChI=1S/C20H22N4O.2ClH/c1-14-22-18-12-15(20(25)23-16-6-5-11-21-13-16)9-10-19(18)24(14)17-7-3-2-4-8-17;;/h2-4,7-10,12,16,21H,5-6,11,13H2,1H3,(H,23,25);2*1H/t16-;;/m0../s1. The zero-order valence-electron chi connectivity index (χ0n) is 15.1. The average molecular weight is 407 g/mol. The second-order valence-corrected chi connectivity index (χ2v) is 6.55. The van der Waals surface area contributed by atoms with Gasteiger partial charge in [-0.25, -0.2) is 4.98 Å². The van der Waals surface area contributed by atoms with E-state index >= 15 is 0 Å². The summed E-state index contributed by atoms with van der Waals surface area (Å²) in [6.45, 7) is 3.87. The van der Waals surface area contributed by atoms with Crippen LogP contribution in [0.1, 0.15) is 29.0 Å². The molecule has 4 rings (SSSR count). The first-order valence-corrected chi connectivity index (χ1v) is 8.78. The molecule has 1 amide bonds. The fraction of sp³-hybridized carbons (Fsp3) is 0.300. The number of hydrogen-bond donors (Lipinski definition) is 2. The minimum atomic E-state index is -0.0254. The number of benzene rings is 2. The highest BCUT2D eigenvalue weighted by Gasteiger charge is 2.17. The third-order valence-electron chi connectivity index (χ3n) is 4.73. The summed E-state index contributed by atoms with van der Waals surface area (Å²) in [5, 5.41) is 6.44. The molecule has 1 atom stereocenters. The van der Waals surface area contributed by atoms with Crippen molar-refractivity contribution in [3.8, 4) is 5.69 Å². The molecule has 0 unspecified atom stereocenters. The van der Waals surface area contributed by atoms with E-state index in [4.69, 9.17) is 0 Å². The number of para-hydroxylation sites is 1. The van der Waals surface area contributed by atoms with E-state index in [-0.39, 0.29) is 36.8 Å². The molecule has 0 bridgehead atoms. The van der Waals surface area contributed by atoms with Crippen molar-refractivity contribution in [2.24, 2.45) is 0 Å². The van der Waals surface area contributed by atoms with E-state index in [2.05, 4.69) is 32.3 Å². The zero-order chi connectivity index (χ0) is 17.2. The minimum absolute atomic E-state index is 0. The van der Waals surface area contributed by atoms with Crippen LogP contribution in [0.2, 0.25) is 0 Å². The summed E-state index contributed by atoms with van der Waals surface area (Å²) in [5.41, 5.74) is 3.60. The molecule has 1 aliphatic heterocycles. The van der Waals surface area contributed by atoms with Gasteiger partial charge in [0.15, 0.2) is 0 Å². The van der Waals surface area contributed by atoms with Crippen LogP contribution in [-0.2, 0) is 0 Å². The Bertz CT molecular complexity index is 905. The Balaban J connectivity index is 0.00000131. The van der Waals surface area contributed by atoms with E-state index in [1.165, 1.54) is 0 Å². The lowest BCUT2D eigenvalue weighted by Gasteiger charge is -2.23. The molecular weight excluding hydrogens is 383 g/mol. The van der Waals surface area contributed by atoms with Crippen LogP contribution in [0.5, 0.6) is 0 Å². The predicted octanol–water partition coefficient (Wildman–Crippen LogP) is 3.66. The smallest absolute Gasteiger partial charge is 0.251 e. The molecule has 7 heteroatoms. The van der Waals surface area contributed by atoms with Gasteiger partial charge in [-0.3, -0.25) is 9.36 Å². The first-order chi connectivity index (χ1) is 12.2. The Morgan fingerprint density at radius 2 is 1.96 bits per heavy atom. The molecule has 1 fully saturated rings. The van der Waals surface area contributed by atoms with Gasteiger partial charge in [0.05, 0.1) is 11.0 Å². The lowest BCUT2D eigenvalue weighted by Crippen LogP contribution is -2.45. The van der Waals surface area contributed by atoms with Crippen LogP contribution in [0.4, 0.5) is 0 Å². The number of fused-ring (bicyclic) bond motifs is 1. The molecule has 2 N–H and O–H groups in total. The van der Waals surface area contributed by atoms with Gasteiger partial charge in [0.2, 0.25) is 0 Å². The van der Waals surface area contributed by atoms with E-state index in [1.54, 1.807) is 0 Å². The number of amides is 1. The molecule has 27 heavy (non-hydrogen) atoms. The number of carbonyl (C=O) groups is 1. The fourth-order valence-corrected chi connectivity index (χ4v) is 3.49. The maximum absolute atomic E-state index is 12.5. The molecule has 1 saturated heterocycles. The summed E-state index contributed by atoms with van der Waals surface area (Å²) in [4.78, 5) is 17.2. The summed E-state index contributed by atoms with van der Waals surface area (Å²) >= 11 is 0. The molecule has 0 radical (unpaired) electrons. The highest BCUT2D eigenvalue weighted by atomic mass is 35.5. The number of rotatable bonds is 3. The molecule has 0 aliphatic carbocycles. The van der Waals surface area contributed by atoms with Gasteiger partial charge in [-0.2, -0.15) is 0 Å². The van der Waals surface area contributed by atoms with Crippen LogP contribution in [0.15, 0.2) is 48.5 Å². The Labute approximate surface area is 171 Å². The van der Waals surface area contributed by atoms with Crippen LogP contribution in [0.25, 0.3) is 16.7 Å². The van der Waals surface area contributed by atoms with Gasteiger partial charge in [0.25, 0.3) is 5.91 Å². The maximum Gasteiger partial charge on any atom is 0.251 e. The molecule has 5 nitrogen and oxygen atoms in total. The van der Waals surface area contributed by atoms with Gasteiger partial charge in [0.1, 0.15) is 5.82 Å². The molecule has 0 saturated carbocycles. The van der Waals surface area contributed by atoms with Crippen LogP contribution >= 0.6 is 24.8 Å². The molecule has 1 aromatic heterocycles. The summed E-state index contributed by atoms with van der Waals surface area (Å²) in [7, 11) is 0. The van der Waals surface area contributed by atoms with Gasteiger partial charge in [0, 0.05) is 23.8 Å². The number of aryl methyl sites for hydroxylation is 1. The Morgan fingerprint density at radius 3 is 2.67 bits per heavy atom. The van der Waals surface area contributed by atoms with Crippen molar-refractivity contribution in [1.29, 1.82) is 0 Å². The number of aromatic nitrogens is 2. The van der Waals surface area contributed by atoms with Gasteiger partial charge in [-0.05, 0) is 56.6 Å². The normalized spacial score (nSPS) is 16.3. The second kappa shape index (κ2) is 9.22.